The van der Waals surface area contributed by atoms with Gasteiger partial charge in [-0.15, -0.1) is 24.0 Å². The first-order chi connectivity index (χ1) is 36.8. The minimum atomic E-state index is -0.980. The zero-order chi connectivity index (χ0) is 56.6. The van der Waals surface area contributed by atoms with Crippen molar-refractivity contribution >= 4 is 45.7 Å². The lowest BCUT2D eigenvalue weighted by Crippen LogP contribution is -2.23. The number of hydrogen-bond donors (Lipinski definition) is 0. The highest BCUT2D eigenvalue weighted by molar-refractivity contribution is 14.0. The average Bonchev–Trinajstić information content (AvgIpc) is 4.04. The van der Waals surface area contributed by atoms with Gasteiger partial charge in [-0.2, -0.15) is 15.8 Å². The zero-order valence-corrected chi connectivity index (χ0v) is 49.5. The normalized spacial score (nSPS) is 23.8. The van der Waals surface area contributed by atoms with Crippen LogP contribution in [0.1, 0.15) is 194 Å². The summed E-state index contributed by atoms with van der Waals surface area (Å²) in [6.07, 6.45) is 29.9. The lowest BCUT2D eigenvalue weighted by atomic mass is 9.75. The van der Waals surface area contributed by atoms with Gasteiger partial charge in [-0.1, -0.05) is 164 Å². The molecule has 0 aromatic heterocycles. The number of nitriles is 4. The van der Waals surface area contributed by atoms with Crippen molar-refractivity contribution in [2.75, 3.05) is 0 Å². The second-order valence-corrected chi connectivity index (χ2v) is 23.0. The van der Waals surface area contributed by atoms with E-state index in [1.54, 1.807) is 6.08 Å². The van der Waals surface area contributed by atoms with E-state index in [0.717, 1.165) is 48.7 Å². The third kappa shape index (κ3) is 16.4. The number of halogens is 1. The molecule has 406 valence electrons. The molecule has 4 aliphatic carbocycles. The van der Waals surface area contributed by atoms with E-state index in [0.29, 0.717) is 22.8 Å². The molecule has 2 heterocycles. The van der Waals surface area contributed by atoms with Crippen LogP contribution in [-0.2, 0) is 25.5 Å². The van der Waals surface area contributed by atoms with Gasteiger partial charge >= 0.3 is 5.70 Å². The first-order valence-corrected chi connectivity index (χ1v) is 26.9. The second kappa shape index (κ2) is 29.9. The van der Waals surface area contributed by atoms with Crippen LogP contribution in [0.15, 0.2) is 152 Å². The number of hydrogen-bond acceptors (Lipinski definition) is 7. The smallest absolute Gasteiger partial charge is 0.304 e. The van der Waals surface area contributed by atoms with Gasteiger partial charge < -0.3 is 9.47 Å². The number of carbonyl (C=O) groups is 1. The van der Waals surface area contributed by atoms with Crippen LogP contribution in [0.3, 0.4) is 0 Å². The van der Waals surface area contributed by atoms with Crippen molar-refractivity contribution in [3.8, 4) is 24.3 Å². The van der Waals surface area contributed by atoms with Gasteiger partial charge in [0.1, 0.15) is 30.1 Å². The monoisotopic (exact) mass is 1160 g/mol. The summed E-state index contributed by atoms with van der Waals surface area (Å²) < 4.78 is 12.4. The zero-order valence-electron chi connectivity index (χ0n) is 47.2. The Balaban J connectivity index is 0.000000339. The Kier molecular flexibility index (Phi) is 25.2. The molecule has 6 aliphatic rings. The molecular weight excluding hydrogens is 1090 g/mol. The maximum Gasteiger partial charge on any atom is 0.304 e. The molecule has 2 atom stereocenters. The van der Waals surface area contributed by atoms with Crippen molar-refractivity contribution in [1.82, 2.24) is 0 Å². The van der Waals surface area contributed by atoms with E-state index in [-0.39, 0.29) is 70.9 Å². The largest absolute Gasteiger partial charge is 0.488 e. The lowest BCUT2D eigenvalue weighted by molar-refractivity contribution is -0.104. The number of allylic oxidation sites excluding steroid dienone is 12. The van der Waals surface area contributed by atoms with Crippen LogP contribution in [-0.4, -0.2) is 21.8 Å². The molecule has 0 amide bonds. The van der Waals surface area contributed by atoms with Crippen molar-refractivity contribution in [2.24, 2.45) is 10.8 Å². The number of rotatable bonds is 7. The van der Waals surface area contributed by atoms with E-state index >= 15 is 0 Å². The Morgan fingerprint density at radius 3 is 1.48 bits per heavy atom. The average molecular weight is 1160 g/mol. The highest BCUT2D eigenvalue weighted by Gasteiger charge is 2.45. The predicted octanol–water partition coefficient (Wildman–Crippen LogP) is 17.5. The van der Waals surface area contributed by atoms with Crippen LogP contribution in [0.25, 0.3) is 9.69 Å². The third-order valence-electron chi connectivity index (χ3n) is 15.7. The minimum absolute atomic E-state index is 0. The van der Waals surface area contributed by atoms with E-state index < -0.39 is 11.2 Å². The van der Waals surface area contributed by atoms with Gasteiger partial charge in [0.2, 0.25) is 5.70 Å². The molecule has 4 radical (unpaired) electrons. The molecule has 79 heavy (non-hydrogen) atoms. The summed E-state index contributed by atoms with van der Waals surface area (Å²) in [7, 11) is 8.00. The Morgan fingerprint density at radius 2 is 1.09 bits per heavy atom. The van der Waals surface area contributed by atoms with Crippen molar-refractivity contribution in [1.29, 1.82) is 21.0 Å². The van der Waals surface area contributed by atoms with Gasteiger partial charge in [-0.25, -0.2) is 15.0 Å². The molecule has 2 unspecified atom stereocenters. The maximum absolute atomic E-state index is 10.3. The highest BCUT2D eigenvalue weighted by atomic mass is 127. The van der Waals surface area contributed by atoms with Crippen molar-refractivity contribution in [2.45, 2.75) is 183 Å². The fourth-order valence-corrected chi connectivity index (χ4v) is 12.1. The van der Waals surface area contributed by atoms with Gasteiger partial charge in [-0.3, -0.25) is 4.79 Å². The summed E-state index contributed by atoms with van der Waals surface area (Å²) in [5, 5.41) is 37.8. The number of aldehydes is 1. The van der Waals surface area contributed by atoms with E-state index in [4.69, 9.17) is 22.6 Å². The van der Waals surface area contributed by atoms with E-state index in [1.807, 2.05) is 51.1 Å². The van der Waals surface area contributed by atoms with Crippen molar-refractivity contribution in [3.63, 3.8) is 0 Å². The standard InChI is InChI=1S/C33H35N3O.C22H21N3O.C11H16O.CH4.B2.HI/c1-23-18-24(20-32(2,3)19-23)10-9-13-29-30(36-5)31(27(21-34)22-35)37-33(29,4)28-16-14-26(15-17-28)25-11-7-6-8-12-25;1-15-19(13-23)21(20(14-24)25-3)26-22(15,2)18-11-9-17(10-12-18)16-7-5-4-6-8-16;1-9-6-10(4-5-12)8-11(2,3)7-9;;1-2;/h9-10,13-18,25H,6-8,11-12,19-20H2,1-4H3;9-12,16H,4-8H2,1-2H3;4-6H,7-8H2,1-3H3;1H4;;1H/b13-9+,24-10-;21-20-;10-4-;;;. The van der Waals surface area contributed by atoms with Crippen molar-refractivity contribution < 1.29 is 14.3 Å². The Morgan fingerprint density at radius 1 is 0.646 bits per heavy atom. The van der Waals surface area contributed by atoms with Gasteiger partial charge in [0.15, 0.2) is 22.7 Å². The van der Waals surface area contributed by atoms with Crippen LogP contribution >= 0.6 is 24.0 Å². The molecule has 8 rings (SSSR count). The maximum atomic E-state index is 10.3. The molecule has 12 heteroatoms. The molecule has 2 aliphatic heterocycles. The van der Waals surface area contributed by atoms with Crippen molar-refractivity contribution in [3.05, 3.63) is 198 Å². The molecule has 9 nitrogen and oxygen atoms in total. The van der Waals surface area contributed by atoms with Crippen LogP contribution in [0.2, 0.25) is 0 Å². The topological polar surface area (TPSA) is 139 Å². The summed E-state index contributed by atoms with van der Waals surface area (Å²) in [5.41, 5.74) is 9.97. The van der Waals surface area contributed by atoms with Gasteiger partial charge in [-0.05, 0) is 154 Å². The SMILES string of the molecule is C.CC1=C/C(=C/C=O)CC(C)(C)C1.I.[B][B].[C-]#[N+]/C(C#N)=C1\OC(C)(c2ccc(C3CCCCC3)cc2)C(C)=C1C#N.[C-]#[N+]C1=C(/C=C/C=C2/C=C(C)CC(C)(C)C2)C(C)(c2ccc(C3CCCCC3)cc2)OC1=C(C#N)C#N. The molecule has 2 saturated carbocycles. The summed E-state index contributed by atoms with van der Waals surface area (Å²) in [6.45, 7) is 34.0. The first kappa shape index (κ1) is 66.4. The Hall–Kier alpha value is -6.83. The van der Waals surface area contributed by atoms with E-state index in [9.17, 15) is 25.8 Å². The molecule has 0 N–H and O–H groups in total. The quantitative estimate of drug-likeness (QED) is 0.0671. The number of nitrogens with zero attached hydrogens (tertiary/aromatic N) is 6. The molecule has 0 spiro atoms. The molecule has 2 aromatic carbocycles. The molecule has 0 bridgehead atoms. The molecule has 2 aromatic rings. The molecular formula is C67H77B2IN6O3. The highest BCUT2D eigenvalue weighted by Crippen LogP contribution is 2.49. The third-order valence-corrected chi connectivity index (χ3v) is 15.7. The number of carbonyl (C=O) groups excluding carboxylic acids is 1. The van der Waals surface area contributed by atoms with Gasteiger partial charge in [0.25, 0.3) is 0 Å². The van der Waals surface area contributed by atoms with Gasteiger partial charge in [0.05, 0.1) is 24.8 Å². The van der Waals surface area contributed by atoms with Crippen LogP contribution in [0, 0.1) is 69.3 Å². The fraction of sp³-hybridized carbons (Fsp3) is 0.448. The van der Waals surface area contributed by atoms with Crippen LogP contribution in [0.5, 0.6) is 0 Å². The Labute approximate surface area is 493 Å². The summed E-state index contributed by atoms with van der Waals surface area (Å²) in [4.78, 5) is 17.2. The van der Waals surface area contributed by atoms with Crippen LogP contribution < -0.4 is 0 Å². The summed E-state index contributed by atoms with van der Waals surface area (Å²) in [6, 6.07) is 24.7. The second-order valence-electron chi connectivity index (χ2n) is 23.0. The molecule has 0 saturated heterocycles. The lowest BCUT2D eigenvalue weighted by Gasteiger charge is -2.30. The number of ether oxygens (including phenoxy) is 2. The summed E-state index contributed by atoms with van der Waals surface area (Å²) in [5.74, 6) is 1.39. The van der Waals surface area contributed by atoms with Gasteiger partial charge in [0, 0.05) is 21.0 Å². The molecule has 2 fully saturated rings. The summed E-state index contributed by atoms with van der Waals surface area (Å²) >= 11 is 0. The van der Waals surface area contributed by atoms with E-state index in [2.05, 4.69) is 140 Å². The first-order valence-electron chi connectivity index (χ1n) is 26.9. The Bertz CT molecular complexity index is 3060. The van der Waals surface area contributed by atoms with Crippen LogP contribution in [0.4, 0.5) is 0 Å². The van der Waals surface area contributed by atoms with E-state index in [1.165, 1.54) is 97.6 Å². The predicted molar refractivity (Wildman–Crippen MR) is 329 cm³/mol. The number of benzene rings is 2. The minimum Gasteiger partial charge on any atom is -0.488 e. The fourth-order valence-electron chi connectivity index (χ4n) is 12.1.